The van der Waals surface area contributed by atoms with Gasteiger partial charge in [0, 0.05) is 41.3 Å². The van der Waals surface area contributed by atoms with E-state index in [1.54, 1.807) is 0 Å². The molecule has 1 aliphatic heterocycles. The summed E-state index contributed by atoms with van der Waals surface area (Å²) in [6, 6.07) is 9.48. The van der Waals surface area contributed by atoms with Crippen molar-refractivity contribution in [2.24, 2.45) is 0 Å². The number of hydrogen-bond donors (Lipinski definition) is 1. The van der Waals surface area contributed by atoms with E-state index in [4.69, 9.17) is 4.98 Å². The summed E-state index contributed by atoms with van der Waals surface area (Å²) in [7, 11) is 0. The van der Waals surface area contributed by atoms with Crippen molar-refractivity contribution in [3.05, 3.63) is 30.0 Å². The van der Waals surface area contributed by atoms with Gasteiger partial charge in [-0.1, -0.05) is 12.1 Å². The van der Waals surface area contributed by atoms with E-state index in [0.29, 0.717) is 6.04 Å². The van der Waals surface area contributed by atoms with Crippen molar-refractivity contribution in [3.63, 3.8) is 0 Å². The molecule has 1 aromatic carbocycles. The summed E-state index contributed by atoms with van der Waals surface area (Å²) >= 11 is 0. The van der Waals surface area contributed by atoms with Crippen LogP contribution in [0.25, 0.3) is 10.8 Å². The van der Waals surface area contributed by atoms with E-state index in [2.05, 4.69) is 41.4 Å². The van der Waals surface area contributed by atoms with Gasteiger partial charge >= 0.3 is 0 Å². The quantitative estimate of drug-likeness (QED) is 0.918. The van der Waals surface area contributed by atoms with Crippen LogP contribution in [-0.2, 0) is 0 Å². The third kappa shape index (κ3) is 2.11. The third-order valence-corrected chi connectivity index (χ3v) is 4.33. The molecule has 0 spiro atoms. The minimum absolute atomic E-state index is 0.685. The number of rotatable bonds is 3. The van der Waals surface area contributed by atoms with Gasteiger partial charge in [0.2, 0.25) is 0 Å². The number of fused-ring (bicyclic) bond motifs is 1. The average molecular weight is 267 g/mol. The summed E-state index contributed by atoms with van der Waals surface area (Å²) in [4.78, 5) is 7.26. The van der Waals surface area contributed by atoms with E-state index in [1.165, 1.54) is 48.0 Å². The van der Waals surface area contributed by atoms with E-state index in [1.807, 2.05) is 0 Å². The van der Waals surface area contributed by atoms with Crippen LogP contribution in [0.2, 0.25) is 0 Å². The lowest BCUT2D eigenvalue weighted by atomic mass is 10.1. The number of aromatic nitrogens is 1. The van der Waals surface area contributed by atoms with Crippen LogP contribution in [0.1, 0.15) is 31.4 Å². The summed E-state index contributed by atoms with van der Waals surface area (Å²) in [5, 5.41) is 6.28. The Hall–Kier alpha value is -1.77. The maximum Gasteiger partial charge on any atom is 0.136 e. The molecule has 2 fully saturated rings. The van der Waals surface area contributed by atoms with Crippen molar-refractivity contribution in [2.75, 3.05) is 23.3 Å². The second-order valence-electron chi connectivity index (χ2n) is 6.10. The van der Waals surface area contributed by atoms with E-state index in [-0.39, 0.29) is 0 Å². The van der Waals surface area contributed by atoms with Gasteiger partial charge < -0.3 is 10.2 Å². The van der Waals surface area contributed by atoms with Crippen molar-refractivity contribution in [3.8, 4) is 0 Å². The normalized spacial score (nSPS) is 18.8. The second-order valence-corrected chi connectivity index (χ2v) is 6.10. The minimum Gasteiger partial charge on any atom is -0.382 e. The molecule has 2 heterocycles. The number of anilines is 2. The van der Waals surface area contributed by atoms with Crippen molar-refractivity contribution in [1.82, 2.24) is 4.98 Å². The maximum atomic E-state index is 4.82. The SMILES string of the molecule is Cc1cc2c(NC3CC3)cccc2c(N2CCCC2)n1. The zero-order valence-corrected chi connectivity index (χ0v) is 12.0. The first-order valence-electron chi connectivity index (χ1n) is 7.73. The van der Waals surface area contributed by atoms with Crippen LogP contribution < -0.4 is 10.2 Å². The third-order valence-electron chi connectivity index (χ3n) is 4.33. The first-order valence-corrected chi connectivity index (χ1v) is 7.73. The Kier molecular flexibility index (Phi) is 2.79. The second kappa shape index (κ2) is 4.65. The Bertz CT molecular complexity index is 640. The predicted molar refractivity (Wildman–Crippen MR) is 84.6 cm³/mol. The van der Waals surface area contributed by atoms with Gasteiger partial charge in [-0.25, -0.2) is 4.98 Å². The maximum absolute atomic E-state index is 4.82. The summed E-state index contributed by atoms with van der Waals surface area (Å²) < 4.78 is 0. The van der Waals surface area contributed by atoms with Crippen LogP contribution in [0.4, 0.5) is 11.5 Å². The highest BCUT2D eigenvalue weighted by atomic mass is 15.2. The Morgan fingerprint density at radius 1 is 1.15 bits per heavy atom. The number of benzene rings is 1. The van der Waals surface area contributed by atoms with Crippen LogP contribution in [0.15, 0.2) is 24.3 Å². The summed E-state index contributed by atoms with van der Waals surface area (Å²) in [5.74, 6) is 1.18. The lowest BCUT2D eigenvalue weighted by molar-refractivity contribution is 0.938. The molecule has 0 atom stereocenters. The van der Waals surface area contributed by atoms with Gasteiger partial charge in [-0.3, -0.25) is 0 Å². The zero-order chi connectivity index (χ0) is 13.5. The number of pyridine rings is 1. The molecule has 4 rings (SSSR count). The number of aryl methyl sites for hydroxylation is 1. The fourth-order valence-electron chi connectivity index (χ4n) is 3.13. The highest BCUT2D eigenvalue weighted by Gasteiger charge is 2.22. The topological polar surface area (TPSA) is 28.2 Å². The molecule has 1 N–H and O–H groups in total. The summed E-state index contributed by atoms with van der Waals surface area (Å²) in [5.41, 5.74) is 2.39. The number of nitrogens with one attached hydrogen (secondary N) is 1. The minimum atomic E-state index is 0.685. The molecule has 1 aliphatic carbocycles. The fourth-order valence-corrected chi connectivity index (χ4v) is 3.13. The molecule has 1 saturated carbocycles. The molecule has 1 aromatic heterocycles. The molecular weight excluding hydrogens is 246 g/mol. The van der Waals surface area contributed by atoms with Gasteiger partial charge in [0.1, 0.15) is 5.82 Å². The molecule has 0 amide bonds. The Morgan fingerprint density at radius 2 is 1.95 bits per heavy atom. The Labute approximate surface area is 120 Å². The number of nitrogens with zero attached hydrogens (tertiary/aromatic N) is 2. The molecule has 3 nitrogen and oxygen atoms in total. The zero-order valence-electron chi connectivity index (χ0n) is 12.0. The summed E-state index contributed by atoms with van der Waals surface area (Å²) in [6.07, 6.45) is 5.19. The molecule has 0 radical (unpaired) electrons. The van der Waals surface area contributed by atoms with Gasteiger partial charge in [-0.15, -0.1) is 0 Å². The van der Waals surface area contributed by atoms with E-state index in [0.717, 1.165) is 18.8 Å². The molecule has 2 aliphatic rings. The smallest absolute Gasteiger partial charge is 0.136 e. The van der Waals surface area contributed by atoms with Crippen LogP contribution in [0, 0.1) is 6.92 Å². The standard InChI is InChI=1S/C17H21N3/c1-12-11-15-14(17(18-12)20-9-2-3-10-20)5-4-6-16(15)19-13-7-8-13/h4-6,11,13,19H,2-3,7-10H2,1H3. The van der Waals surface area contributed by atoms with Crippen LogP contribution >= 0.6 is 0 Å². The lowest BCUT2D eigenvalue weighted by Gasteiger charge is -2.20. The molecule has 104 valence electrons. The van der Waals surface area contributed by atoms with E-state index in [9.17, 15) is 0 Å². The van der Waals surface area contributed by atoms with Crippen molar-refractivity contribution < 1.29 is 0 Å². The van der Waals surface area contributed by atoms with Gasteiger partial charge in [-0.05, 0) is 44.7 Å². The highest BCUT2D eigenvalue weighted by molar-refractivity contribution is 6.00. The first kappa shape index (κ1) is 12.0. The van der Waals surface area contributed by atoms with E-state index >= 15 is 0 Å². The van der Waals surface area contributed by atoms with Gasteiger partial charge in [0.15, 0.2) is 0 Å². The van der Waals surface area contributed by atoms with Crippen LogP contribution in [-0.4, -0.2) is 24.1 Å². The van der Waals surface area contributed by atoms with E-state index < -0.39 is 0 Å². The molecular formula is C17H21N3. The Balaban J connectivity index is 1.85. The number of hydrogen-bond acceptors (Lipinski definition) is 3. The highest BCUT2D eigenvalue weighted by Crippen LogP contribution is 2.34. The van der Waals surface area contributed by atoms with Crippen molar-refractivity contribution in [1.29, 1.82) is 0 Å². The average Bonchev–Trinajstić information content (AvgIpc) is 3.09. The molecule has 0 bridgehead atoms. The van der Waals surface area contributed by atoms with Crippen molar-refractivity contribution in [2.45, 2.75) is 38.6 Å². The molecule has 0 unspecified atom stereocenters. The van der Waals surface area contributed by atoms with Gasteiger partial charge in [0.25, 0.3) is 0 Å². The van der Waals surface area contributed by atoms with Crippen LogP contribution in [0.5, 0.6) is 0 Å². The molecule has 2 aromatic rings. The molecule has 20 heavy (non-hydrogen) atoms. The van der Waals surface area contributed by atoms with Crippen LogP contribution in [0.3, 0.4) is 0 Å². The van der Waals surface area contributed by atoms with Gasteiger partial charge in [0.05, 0.1) is 0 Å². The Morgan fingerprint density at radius 3 is 2.70 bits per heavy atom. The van der Waals surface area contributed by atoms with Crippen molar-refractivity contribution >= 4 is 22.3 Å². The molecule has 3 heteroatoms. The predicted octanol–water partition coefficient (Wildman–Crippen LogP) is 3.72. The first-order chi connectivity index (χ1) is 9.81. The molecule has 1 saturated heterocycles. The fraction of sp³-hybridized carbons (Fsp3) is 0.471. The van der Waals surface area contributed by atoms with Gasteiger partial charge in [-0.2, -0.15) is 0 Å². The summed E-state index contributed by atoms with van der Waals surface area (Å²) in [6.45, 7) is 4.39. The largest absolute Gasteiger partial charge is 0.382 e. The lowest BCUT2D eigenvalue weighted by Crippen LogP contribution is -2.19. The monoisotopic (exact) mass is 267 g/mol.